The Kier molecular flexibility index (Phi) is 3.95. The standard InChI is InChI=1S/C12H17N3O2/c13-14-17-12(16)7-9-15-8-3-5-10-4-1-2-6-11(10)15/h1-2,4,6,14H,3,5,7-9,13H2. The summed E-state index contributed by atoms with van der Waals surface area (Å²) in [5.41, 5.74) is 4.49. The molecule has 0 aliphatic carbocycles. The number of nitrogens with one attached hydrogen (secondary N) is 1. The normalized spacial score (nSPS) is 14.3. The van der Waals surface area contributed by atoms with Crippen molar-refractivity contribution in [3.63, 3.8) is 0 Å². The summed E-state index contributed by atoms with van der Waals surface area (Å²) in [6.45, 7) is 1.65. The van der Waals surface area contributed by atoms with E-state index in [0.29, 0.717) is 13.0 Å². The zero-order valence-corrected chi connectivity index (χ0v) is 9.69. The number of hydrogen-bond acceptors (Lipinski definition) is 5. The third-order valence-electron chi connectivity index (χ3n) is 2.97. The zero-order valence-electron chi connectivity index (χ0n) is 9.69. The first-order valence-electron chi connectivity index (χ1n) is 5.79. The summed E-state index contributed by atoms with van der Waals surface area (Å²) in [6.07, 6.45) is 2.57. The minimum atomic E-state index is -0.337. The highest BCUT2D eigenvalue weighted by Crippen LogP contribution is 2.26. The lowest BCUT2D eigenvalue weighted by atomic mass is 10.0. The number of carbonyl (C=O) groups excluding carboxylic acids is 1. The van der Waals surface area contributed by atoms with Crippen LogP contribution in [0.4, 0.5) is 5.69 Å². The quantitative estimate of drug-likeness (QED) is 0.595. The molecule has 0 bridgehead atoms. The summed E-state index contributed by atoms with van der Waals surface area (Å²) in [7, 11) is 0. The van der Waals surface area contributed by atoms with Gasteiger partial charge in [0.1, 0.15) is 0 Å². The van der Waals surface area contributed by atoms with Gasteiger partial charge in [-0.2, -0.15) is 0 Å². The van der Waals surface area contributed by atoms with Gasteiger partial charge in [0.25, 0.3) is 0 Å². The SMILES string of the molecule is NNOC(=O)CCN1CCCc2ccccc21. The average Bonchev–Trinajstić information content (AvgIpc) is 2.36. The fourth-order valence-electron chi connectivity index (χ4n) is 2.19. The van der Waals surface area contributed by atoms with Crippen molar-refractivity contribution in [2.24, 2.45) is 5.84 Å². The molecule has 1 aromatic rings. The lowest BCUT2D eigenvalue weighted by molar-refractivity contribution is -0.151. The van der Waals surface area contributed by atoms with Crippen LogP contribution in [0.25, 0.3) is 0 Å². The van der Waals surface area contributed by atoms with E-state index in [-0.39, 0.29) is 5.97 Å². The molecule has 0 radical (unpaired) electrons. The van der Waals surface area contributed by atoms with E-state index < -0.39 is 0 Å². The maximum absolute atomic E-state index is 11.2. The molecule has 0 saturated carbocycles. The van der Waals surface area contributed by atoms with Gasteiger partial charge in [-0.15, -0.1) is 0 Å². The summed E-state index contributed by atoms with van der Waals surface area (Å²) in [4.78, 5) is 17.9. The fourth-order valence-corrected chi connectivity index (χ4v) is 2.19. The van der Waals surface area contributed by atoms with Gasteiger partial charge in [0.05, 0.1) is 6.42 Å². The summed E-state index contributed by atoms with van der Waals surface area (Å²) >= 11 is 0. The van der Waals surface area contributed by atoms with Gasteiger partial charge >= 0.3 is 5.97 Å². The van der Waals surface area contributed by atoms with Gasteiger partial charge in [-0.05, 0) is 24.5 Å². The van der Waals surface area contributed by atoms with Crippen LogP contribution < -0.4 is 16.3 Å². The van der Waals surface area contributed by atoms with E-state index >= 15 is 0 Å². The maximum Gasteiger partial charge on any atom is 0.328 e. The van der Waals surface area contributed by atoms with E-state index in [1.807, 2.05) is 11.7 Å². The lowest BCUT2D eigenvalue weighted by Crippen LogP contribution is -2.33. The number of aryl methyl sites for hydroxylation is 1. The second-order valence-corrected chi connectivity index (χ2v) is 4.06. The molecule has 5 heteroatoms. The third-order valence-corrected chi connectivity index (χ3v) is 2.97. The molecule has 3 N–H and O–H groups in total. The van der Waals surface area contributed by atoms with Crippen molar-refractivity contribution in [1.29, 1.82) is 0 Å². The van der Waals surface area contributed by atoms with Crippen molar-refractivity contribution < 1.29 is 9.63 Å². The van der Waals surface area contributed by atoms with Crippen molar-refractivity contribution in [3.05, 3.63) is 29.8 Å². The van der Waals surface area contributed by atoms with E-state index in [1.54, 1.807) is 0 Å². The summed E-state index contributed by atoms with van der Waals surface area (Å²) in [6, 6.07) is 8.31. The third kappa shape index (κ3) is 2.95. The molecule has 17 heavy (non-hydrogen) atoms. The predicted molar refractivity (Wildman–Crippen MR) is 65.0 cm³/mol. The molecule has 1 aliphatic heterocycles. The number of nitrogens with two attached hydrogens (primary N) is 1. The van der Waals surface area contributed by atoms with Gasteiger partial charge in [0, 0.05) is 18.8 Å². The molecule has 92 valence electrons. The van der Waals surface area contributed by atoms with Crippen LogP contribution in [0.3, 0.4) is 0 Å². The first-order chi connectivity index (χ1) is 8.31. The van der Waals surface area contributed by atoms with E-state index in [9.17, 15) is 4.79 Å². The molecule has 0 amide bonds. The molecule has 5 nitrogen and oxygen atoms in total. The van der Waals surface area contributed by atoms with Crippen LogP contribution in [0.1, 0.15) is 18.4 Å². The summed E-state index contributed by atoms with van der Waals surface area (Å²) in [5.74, 6) is 4.57. The van der Waals surface area contributed by atoms with E-state index in [4.69, 9.17) is 5.84 Å². The number of anilines is 1. The van der Waals surface area contributed by atoms with Crippen molar-refractivity contribution >= 4 is 11.7 Å². The highest BCUT2D eigenvalue weighted by atomic mass is 16.7. The minimum Gasteiger partial charge on any atom is -0.371 e. The number of fused-ring (bicyclic) bond motifs is 1. The van der Waals surface area contributed by atoms with Crippen LogP contribution in [-0.4, -0.2) is 19.1 Å². The van der Waals surface area contributed by atoms with Gasteiger partial charge in [-0.1, -0.05) is 23.8 Å². The maximum atomic E-state index is 11.2. The Balaban J connectivity index is 1.97. The Morgan fingerprint density at radius 1 is 1.47 bits per heavy atom. The zero-order chi connectivity index (χ0) is 12.1. The van der Waals surface area contributed by atoms with Crippen molar-refractivity contribution in [2.45, 2.75) is 19.3 Å². The van der Waals surface area contributed by atoms with Gasteiger partial charge in [-0.3, -0.25) is 4.79 Å². The first-order valence-corrected chi connectivity index (χ1v) is 5.79. The molecule has 1 heterocycles. The number of hydrogen-bond donors (Lipinski definition) is 2. The van der Waals surface area contributed by atoms with Crippen LogP contribution in [0.5, 0.6) is 0 Å². The Bertz CT molecular complexity index is 395. The predicted octanol–water partition coefficient (Wildman–Crippen LogP) is 0.751. The number of hydrazine groups is 1. The number of para-hydroxylation sites is 1. The Morgan fingerprint density at radius 3 is 3.12 bits per heavy atom. The van der Waals surface area contributed by atoms with Gasteiger partial charge in [0.15, 0.2) is 0 Å². The lowest BCUT2D eigenvalue weighted by Gasteiger charge is -2.30. The molecule has 0 aromatic heterocycles. The number of nitrogens with zero attached hydrogens (tertiary/aromatic N) is 1. The molecular weight excluding hydrogens is 218 g/mol. The summed E-state index contributed by atoms with van der Waals surface area (Å²) in [5, 5.41) is 0. The molecule has 1 aromatic carbocycles. The van der Waals surface area contributed by atoms with Crippen LogP contribution in [0.2, 0.25) is 0 Å². The molecule has 0 fully saturated rings. The highest BCUT2D eigenvalue weighted by Gasteiger charge is 2.17. The highest BCUT2D eigenvalue weighted by molar-refractivity contribution is 5.70. The van der Waals surface area contributed by atoms with E-state index in [2.05, 4.69) is 27.9 Å². The second kappa shape index (κ2) is 5.65. The molecule has 0 atom stereocenters. The molecule has 0 unspecified atom stereocenters. The van der Waals surface area contributed by atoms with Crippen LogP contribution >= 0.6 is 0 Å². The van der Waals surface area contributed by atoms with Crippen molar-refractivity contribution in [3.8, 4) is 0 Å². The van der Waals surface area contributed by atoms with Crippen molar-refractivity contribution in [2.75, 3.05) is 18.0 Å². The smallest absolute Gasteiger partial charge is 0.328 e. The number of carbonyl (C=O) groups is 1. The molecule has 0 saturated heterocycles. The monoisotopic (exact) mass is 235 g/mol. The largest absolute Gasteiger partial charge is 0.371 e. The number of benzene rings is 1. The second-order valence-electron chi connectivity index (χ2n) is 4.06. The first kappa shape index (κ1) is 11.9. The molecule has 2 rings (SSSR count). The van der Waals surface area contributed by atoms with Crippen LogP contribution in [-0.2, 0) is 16.1 Å². The van der Waals surface area contributed by atoms with Gasteiger partial charge in [-0.25, -0.2) is 5.84 Å². The summed E-state index contributed by atoms with van der Waals surface area (Å²) < 4.78 is 0. The van der Waals surface area contributed by atoms with Crippen LogP contribution in [0.15, 0.2) is 24.3 Å². The average molecular weight is 235 g/mol. The molecular formula is C12H17N3O2. The molecule has 1 aliphatic rings. The Morgan fingerprint density at radius 2 is 2.29 bits per heavy atom. The fraction of sp³-hybridized carbons (Fsp3) is 0.417. The molecule has 0 spiro atoms. The van der Waals surface area contributed by atoms with Gasteiger partial charge < -0.3 is 9.74 Å². The van der Waals surface area contributed by atoms with E-state index in [0.717, 1.165) is 19.4 Å². The van der Waals surface area contributed by atoms with E-state index in [1.165, 1.54) is 11.3 Å². The van der Waals surface area contributed by atoms with Crippen molar-refractivity contribution in [1.82, 2.24) is 5.59 Å². The van der Waals surface area contributed by atoms with Gasteiger partial charge in [0.2, 0.25) is 0 Å². The Hall–Kier alpha value is -1.59. The Labute approximate surface area is 100 Å². The van der Waals surface area contributed by atoms with Crippen LogP contribution in [0, 0.1) is 0 Å². The topological polar surface area (TPSA) is 67.6 Å². The number of rotatable bonds is 4. The minimum absolute atomic E-state index is 0.332.